The fourth-order valence-corrected chi connectivity index (χ4v) is 7.62. The van der Waals surface area contributed by atoms with Gasteiger partial charge in [0.15, 0.2) is 17.5 Å². The zero-order chi connectivity index (χ0) is 33.0. The number of pyridine rings is 1. The van der Waals surface area contributed by atoms with Crippen molar-refractivity contribution in [2.75, 3.05) is 0 Å². The molecule has 234 valence electrons. The van der Waals surface area contributed by atoms with Gasteiger partial charge in [0.2, 0.25) is 0 Å². The molecule has 0 saturated heterocycles. The summed E-state index contributed by atoms with van der Waals surface area (Å²) < 4.78 is 2.41. The number of para-hydroxylation sites is 1. The summed E-state index contributed by atoms with van der Waals surface area (Å²) in [6.07, 6.45) is 1.87. The summed E-state index contributed by atoms with van der Waals surface area (Å²) in [5.74, 6) is 1.85. The summed E-state index contributed by atoms with van der Waals surface area (Å²) in [6.45, 7) is 0. The van der Waals surface area contributed by atoms with E-state index in [1.807, 2.05) is 66.9 Å². The van der Waals surface area contributed by atoms with Crippen LogP contribution in [-0.4, -0.2) is 24.5 Å². The molecule has 0 saturated carbocycles. The van der Waals surface area contributed by atoms with Crippen LogP contribution < -0.4 is 0 Å². The first-order valence-electron chi connectivity index (χ1n) is 16.9. The maximum Gasteiger partial charge on any atom is 0.182 e. The number of fused-ring (bicyclic) bond motifs is 7. The second kappa shape index (κ2) is 11.5. The third-order valence-electron chi connectivity index (χ3n) is 9.79. The summed E-state index contributed by atoms with van der Waals surface area (Å²) in [6, 6.07) is 57.3. The molecule has 9 aromatic rings. The van der Waals surface area contributed by atoms with Gasteiger partial charge in [0.05, 0.1) is 11.0 Å². The second-order valence-corrected chi connectivity index (χ2v) is 12.6. The Morgan fingerprint density at radius 1 is 0.480 bits per heavy atom. The van der Waals surface area contributed by atoms with Gasteiger partial charge in [-0.3, -0.25) is 4.98 Å². The Morgan fingerprint density at radius 3 is 1.84 bits per heavy atom. The van der Waals surface area contributed by atoms with Gasteiger partial charge in [0.25, 0.3) is 0 Å². The van der Waals surface area contributed by atoms with E-state index in [2.05, 4.69) is 108 Å². The van der Waals surface area contributed by atoms with Crippen molar-refractivity contribution in [1.82, 2.24) is 24.5 Å². The van der Waals surface area contributed by atoms with Gasteiger partial charge in [-0.05, 0) is 46.0 Å². The van der Waals surface area contributed by atoms with E-state index in [0.717, 1.165) is 22.3 Å². The maximum absolute atomic E-state index is 4.99. The van der Waals surface area contributed by atoms with Crippen LogP contribution in [0.3, 0.4) is 0 Å². The lowest BCUT2D eigenvalue weighted by molar-refractivity contribution is 1.01. The highest BCUT2D eigenvalue weighted by Crippen LogP contribution is 2.52. The molecular formula is C45H29N5. The fourth-order valence-electron chi connectivity index (χ4n) is 7.62. The number of aromatic nitrogens is 5. The number of hydrogen-bond acceptors (Lipinski definition) is 4. The van der Waals surface area contributed by atoms with Gasteiger partial charge in [-0.2, -0.15) is 0 Å². The lowest BCUT2D eigenvalue weighted by Gasteiger charge is -2.18. The molecule has 0 amide bonds. The molecule has 0 N–H and O–H groups in total. The molecule has 1 aliphatic rings. The van der Waals surface area contributed by atoms with E-state index in [0.29, 0.717) is 23.2 Å². The molecule has 0 aliphatic heterocycles. The Labute approximate surface area is 289 Å². The minimum Gasteiger partial charge on any atom is -0.309 e. The first kappa shape index (κ1) is 28.3. The van der Waals surface area contributed by atoms with Gasteiger partial charge >= 0.3 is 0 Å². The van der Waals surface area contributed by atoms with E-state index in [-0.39, 0.29) is 5.92 Å². The van der Waals surface area contributed by atoms with Crippen LogP contribution in [0.5, 0.6) is 0 Å². The molecule has 5 nitrogen and oxygen atoms in total. The molecule has 0 spiro atoms. The smallest absolute Gasteiger partial charge is 0.182 e. The maximum atomic E-state index is 4.99. The highest BCUT2D eigenvalue weighted by atomic mass is 15.1. The molecule has 0 fully saturated rings. The third kappa shape index (κ3) is 4.48. The van der Waals surface area contributed by atoms with E-state index >= 15 is 0 Å². The molecular weight excluding hydrogens is 611 g/mol. The first-order valence-corrected chi connectivity index (χ1v) is 16.9. The van der Waals surface area contributed by atoms with Crippen molar-refractivity contribution in [1.29, 1.82) is 0 Å². The van der Waals surface area contributed by atoms with Crippen molar-refractivity contribution in [2.24, 2.45) is 0 Å². The highest BCUT2D eigenvalue weighted by molar-refractivity contribution is 6.13. The minimum atomic E-state index is 0.0980. The van der Waals surface area contributed by atoms with Crippen molar-refractivity contribution < 1.29 is 0 Å². The summed E-state index contributed by atoms with van der Waals surface area (Å²) in [4.78, 5) is 19.7. The molecule has 1 aliphatic carbocycles. The van der Waals surface area contributed by atoms with Gasteiger partial charge < -0.3 is 4.57 Å². The molecule has 10 rings (SSSR count). The van der Waals surface area contributed by atoms with E-state index in [1.54, 1.807) is 0 Å². The summed E-state index contributed by atoms with van der Waals surface area (Å²) in [5, 5.41) is 2.44. The lowest BCUT2D eigenvalue weighted by Crippen LogP contribution is -2.04. The normalized spacial score (nSPS) is 13.4. The first-order chi connectivity index (χ1) is 24.8. The Morgan fingerprint density at radius 2 is 1.10 bits per heavy atom. The van der Waals surface area contributed by atoms with Crippen molar-refractivity contribution in [3.8, 4) is 51.1 Å². The van der Waals surface area contributed by atoms with Crippen LogP contribution in [0.4, 0.5) is 0 Å². The Kier molecular flexibility index (Phi) is 6.49. The van der Waals surface area contributed by atoms with Crippen LogP contribution in [0, 0.1) is 0 Å². The molecule has 0 radical (unpaired) electrons. The van der Waals surface area contributed by atoms with E-state index < -0.39 is 0 Å². The van der Waals surface area contributed by atoms with E-state index in [1.165, 1.54) is 44.1 Å². The Hall–Kier alpha value is -6.72. The molecule has 1 atom stereocenters. The predicted octanol–water partition coefficient (Wildman–Crippen LogP) is 10.5. The number of rotatable bonds is 5. The monoisotopic (exact) mass is 639 g/mol. The van der Waals surface area contributed by atoms with Crippen molar-refractivity contribution >= 4 is 21.8 Å². The standard InChI is InChI=1S/C45H29N5/c1-4-14-29(15-5-1)40-35-22-11-10-20-33(35)36-24-25-37-34-21-12-13-23-39(34)50(42(37)41(36)40)32-26-27-46-38(28-32)45-48-43(30-16-6-2-7-17-30)47-44(49-45)31-18-8-3-9-19-31/h1-28,40H/t40-/m0/s1. The van der Waals surface area contributed by atoms with E-state index in [4.69, 9.17) is 19.9 Å². The summed E-state index contributed by atoms with van der Waals surface area (Å²) >= 11 is 0. The fraction of sp³-hybridized carbons (Fsp3) is 0.0222. The van der Waals surface area contributed by atoms with Gasteiger partial charge in [-0.25, -0.2) is 15.0 Å². The zero-order valence-corrected chi connectivity index (χ0v) is 27.0. The van der Waals surface area contributed by atoms with Crippen LogP contribution in [0.15, 0.2) is 170 Å². The van der Waals surface area contributed by atoms with Crippen LogP contribution >= 0.6 is 0 Å². The van der Waals surface area contributed by atoms with Gasteiger partial charge in [-0.1, -0.05) is 146 Å². The molecule has 50 heavy (non-hydrogen) atoms. The predicted molar refractivity (Wildman–Crippen MR) is 201 cm³/mol. The van der Waals surface area contributed by atoms with Crippen LogP contribution in [0.1, 0.15) is 22.6 Å². The molecule has 5 heteroatoms. The molecule has 0 bridgehead atoms. The van der Waals surface area contributed by atoms with Crippen LogP contribution in [0.2, 0.25) is 0 Å². The van der Waals surface area contributed by atoms with Gasteiger partial charge in [0, 0.05) is 39.7 Å². The minimum absolute atomic E-state index is 0.0980. The number of nitrogens with zero attached hydrogens (tertiary/aromatic N) is 5. The number of hydrogen-bond donors (Lipinski definition) is 0. The highest BCUT2D eigenvalue weighted by Gasteiger charge is 2.33. The Bertz CT molecular complexity index is 2640. The summed E-state index contributed by atoms with van der Waals surface area (Å²) in [7, 11) is 0. The molecule has 3 aromatic heterocycles. The third-order valence-corrected chi connectivity index (χ3v) is 9.79. The molecule has 3 heterocycles. The SMILES string of the molecule is c1ccc(-c2nc(-c3ccccc3)nc(-c3cc(-n4c5ccccc5c5ccc6c(c54)[C@@H](c4ccccc4)c4ccccc4-6)ccn3)n2)cc1. The van der Waals surface area contributed by atoms with Crippen LogP contribution in [-0.2, 0) is 0 Å². The number of benzene rings is 6. The molecule has 0 unspecified atom stereocenters. The average Bonchev–Trinajstić information content (AvgIpc) is 3.72. The van der Waals surface area contributed by atoms with Crippen molar-refractivity contribution in [2.45, 2.75) is 5.92 Å². The van der Waals surface area contributed by atoms with Gasteiger partial charge in [-0.15, -0.1) is 0 Å². The lowest BCUT2D eigenvalue weighted by atomic mass is 9.88. The Balaban J connectivity index is 1.23. The van der Waals surface area contributed by atoms with Crippen molar-refractivity contribution in [3.05, 3.63) is 187 Å². The summed E-state index contributed by atoms with van der Waals surface area (Å²) in [5.41, 5.74) is 12.4. The largest absolute Gasteiger partial charge is 0.309 e. The van der Waals surface area contributed by atoms with Crippen molar-refractivity contribution in [3.63, 3.8) is 0 Å². The van der Waals surface area contributed by atoms with E-state index in [9.17, 15) is 0 Å². The molecule has 6 aromatic carbocycles. The quantitative estimate of drug-likeness (QED) is 0.188. The second-order valence-electron chi connectivity index (χ2n) is 12.6. The van der Waals surface area contributed by atoms with Gasteiger partial charge in [0.1, 0.15) is 5.69 Å². The average molecular weight is 640 g/mol. The zero-order valence-electron chi connectivity index (χ0n) is 27.0. The topological polar surface area (TPSA) is 56.5 Å². The van der Waals surface area contributed by atoms with Crippen LogP contribution in [0.25, 0.3) is 72.9 Å².